The van der Waals surface area contributed by atoms with Gasteiger partial charge in [0.1, 0.15) is 16.6 Å². The van der Waals surface area contributed by atoms with E-state index in [1.165, 1.54) is 11.6 Å². The molecule has 152 valence electrons. The smallest absolute Gasteiger partial charge is 0.417 e. The molecule has 0 saturated heterocycles. The number of esters is 1. The number of aromatic nitrogens is 3. The van der Waals surface area contributed by atoms with Gasteiger partial charge in [-0.1, -0.05) is 43.7 Å². The van der Waals surface area contributed by atoms with Gasteiger partial charge in [0.15, 0.2) is 0 Å². The molecule has 7 heteroatoms. The van der Waals surface area contributed by atoms with Gasteiger partial charge in [-0.2, -0.15) is 4.57 Å². The summed E-state index contributed by atoms with van der Waals surface area (Å²) >= 11 is 0. The summed E-state index contributed by atoms with van der Waals surface area (Å²) in [5, 5.41) is 0.278. The number of ether oxygens (including phenoxy) is 1. The number of nitrogens with one attached hydrogen (secondary N) is 1. The summed E-state index contributed by atoms with van der Waals surface area (Å²) in [6, 6.07) is 7.58. The van der Waals surface area contributed by atoms with Crippen LogP contribution >= 0.6 is 0 Å². The zero-order valence-electron chi connectivity index (χ0n) is 17.6. The van der Waals surface area contributed by atoms with Crippen LogP contribution in [0.2, 0.25) is 0 Å². The molecular formula is C22H26N3O4+. The van der Waals surface area contributed by atoms with E-state index in [1.807, 2.05) is 45.0 Å². The van der Waals surface area contributed by atoms with Gasteiger partial charge in [-0.3, -0.25) is 4.79 Å². The Morgan fingerprint density at radius 1 is 1.07 bits per heavy atom. The Morgan fingerprint density at radius 2 is 1.69 bits per heavy atom. The minimum absolute atomic E-state index is 0.181. The largest absolute Gasteiger partial charge is 0.462 e. The maximum Gasteiger partial charge on any atom is 0.417 e. The van der Waals surface area contributed by atoms with Crippen molar-refractivity contribution in [1.82, 2.24) is 9.13 Å². The molecule has 0 bridgehead atoms. The molecule has 1 N–H and O–H groups in total. The first-order valence-corrected chi connectivity index (χ1v) is 9.53. The minimum Gasteiger partial charge on any atom is -0.462 e. The highest BCUT2D eigenvalue weighted by molar-refractivity contribution is 6.05. The van der Waals surface area contributed by atoms with Crippen molar-refractivity contribution in [3.05, 3.63) is 61.9 Å². The fourth-order valence-electron chi connectivity index (χ4n) is 3.35. The number of carbonyl (C=O) groups excluding carboxylic acids is 1. The van der Waals surface area contributed by atoms with Crippen molar-refractivity contribution in [1.29, 1.82) is 0 Å². The second kappa shape index (κ2) is 7.66. The summed E-state index contributed by atoms with van der Waals surface area (Å²) in [7, 11) is 3.02. The maximum absolute atomic E-state index is 13.1. The Bertz CT molecular complexity index is 1220. The van der Waals surface area contributed by atoms with E-state index in [-0.39, 0.29) is 17.9 Å². The van der Waals surface area contributed by atoms with E-state index < -0.39 is 17.2 Å². The summed E-state index contributed by atoms with van der Waals surface area (Å²) < 4.78 is 7.92. The van der Waals surface area contributed by atoms with Gasteiger partial charge < -0.3 is 4.74 Å². The molecule has 2 aromatic heterocycles. The first-order valence-electron chi connectivity index (χ1n) is 9.53. The van der Waals surface area contributed by atoms with Gasteiger partial charge in [-0.25, -0.2) is 19.1 Å². The van der Waals surface area contributed by atoms with Crippen LogP contribution in [0.15, 0.2) is 33.9 Å². The van der Waals surface area contributed by atoms with E-state index in [0.717, 1.165) is 10.1 Å². The molecule has 7 nitrogen and oxygen atoms in total. The number of aryl methyl sites for hydroxylation is 3. The molecule has 3 aromatic rings. The first kappa shape index (κ1) is 20.5. The average molecular weight is 396 g/mol. The zero-order valence-corrected chi connectivity index (χ0v) is 17.6. The summed E-state index contributed by atoms with van der Waals surface area (Å²) in [6.45, 7) is 7.89. The lowest BCUT2D eigenvalue weighted by Gasteiger charge is -2.15. The number of carbonyl (C=O) groups is 1. The molecule has 0 radical (unpaired) electrons. The molecule has 0 aliphatic rings. The summed E-state index contributed by atoms with van der Waals surface area (Å²) in [5.74, 6) is -0.318. The Kier molecular flexibility index (Phi) is 5.42. The van der Waals surface area contributed by atoms with Crippen LogP contribution in [0.25, 0.3) is 22.2 Å². The number of benzene rings is 1. The molecule has 0 aliphatic heterocycles. The third-order valence-corrected chi connectivity index (χ3v) is 4.94. The van der Waals surface area contributed by atoms with Crippen molar-refractivity contribution in [3.8, 4) is 11.1 Å². The third-order valence-electron chi connectivity index (χ3n) is 4.94. The fourth-order valence-corrected chi connectivity index (χ4v) is 3.35. The van der Waals surface area contributed by atoms with E-state index >= 15 is 0 Å². The molecule has 3 rings (SSSR count). The van der Waals surface area contributed by atoms with Crippen molar-refractivity contribution < 1.29 is 14.5 Å². The lowest BCUT2D eigenvalue weighted by Crippen LogP contribution is -2.40. The Morgan fingerprint density at radius 3 is 2.28 bits per heavy atom. The lowest BCUT2D eigenvalue weighted by atomic mass is 9.95. The highest BCUT2D eigenvalue weighted by Gasteiger charge is 2.29. The van der Waals surface area contributed by atoms with Crippen LogP contribution in [-0.2, 0) is 18.8 Å². The van der Waals surface area contributed by atoms with Gasteiger partial charge in [0.2, 0.25) is 0 Å². The number of hydrogen-bond donors (Lipinski definition) is 0. The van der Waals surface area contributed by atoms with Gasteiger partial charge in [-0.15, -0.1) is 0 Å². The molecule has 0 amide bonds. The molecule has 0 unspecified atom stereocenters. The highest BCUT2D eigenvalue weighted by atomic mass is 16.5. The van der Waals surface area contributed by atoms with Gasteiger partial charge >= 0.3 is 11.7 Å². The maximum atomic E-state index is 13.1. The lowest BCUT2D eigenvalue weighted by molar-refractivity contribution is -0.359. The van der Waals surface area contributed by atoms with Crippen molar-refractivity contribution in [3.63, 3.8) is 0 Å². The number of rotatable bonds is 4. The topological polar surface area (TPSA) is 84.4 Å². The van der Waals surface area contributed by atoms with E-state index in [9.17, 15) is 14.4 Å². The summed E-state index contributed by atoms with van der Waals surface area (Å²) in [6.07, 6.45) is 0. The molecule has 29 heavy (non-hydrogen) atoms. The van der Waals surface area contributed by atoms with Crippen molar-refractivity contribution >= 4 is 17.0 Å². The SMILES string of the molecule is Cc1ccc(-c2c(C(=O)OCC(C)C)c(C)[nH+]c3c2c(=O)n(C)c(=O)n3C)cc1. The molecule has 1 aromatic carbocycles. The monoisotopic (exact) mass is 396 g/mol. The normalized spacial score (nSPS) is 11.3. The van der Waals surface area contributed by atoms with Crippen molar-refractivity contribution in [2.75, 3.05) is 6.61 Å². The molecular weight excluding hydrogens is 370 g/mol. The number of aromatic amines is 1. The van der Waals surface area contributed by atoms with Crippen LogP contribution in [-0.4, -0.2) is 21.7 Å². The number of hydrogen-bond acceptors (Lipinski definition) is 4. The van der Waals surface area contributed by atoms with Crippen LogP contribution in [0.3, 0.4) is 0 Å². The van der Waals surface area contributed by atoms with E-state index in [4.69, 9.17) is 4.74 Å². The first-order chi connectivity index (χ1) is 13.6. The van der Waals surface area contributed by atoms with Crippen molar-refractivity contribution in [2.45, 2.75) is 27.7 Å². The quantitative estimate of drug-likeness (QED) is 0.633. The van der Waals surface area contributed by atoms with Gasteiger partial charge in [0, 0.05) is 12.6 Å². The minimum atomic E-state index is -0.499. The van der Waals surface area contributed by atoms with Gasteiger partial charge in [-0.05, 0) is 25.3 Å². The fraction of sp³-hybridized carbons (Fsp3) is 0.364. The van der Waals surface area contributed by atoms with E-state index in [2.05, 4.69) is 4.98 Å². The van der Waals surface area contributed by atoms with Crippen LogP contribution in [0.4, 0.5) is 0 Å². The Balaban J connectivity index is 2.47. The molecule has 0 spiro atoms. The summed E-state index contributed by atoms with van der Waals surface area (Å²) in [4.78, 5) is 41.6. The van der Waals surface area contributed by atoms with E-state index in [0.29, 0.717) is 28.0 Å². The van der Waals surface area contributed by atoms with Gasteiger partial charge in [0.25, 0.3) is 11.2 Å². The molecule has 0 atom stereocenters. The number of H-pyrrole nitrogens is 1. The van der Waals surface area contributed by atoms with Crippen LogP contribution in [0.5, 0.6) is 0 Å². The standard InChI is InChI=1S/C22H25N3O4/c1-12(2)11-29-21(27)16-14(4)23-19-18(20(26)25(6)22(28)24(19)5)17(16)15-9-7-13(3)8-10-15/h7-10,12H,11H2,1-6H3/p+1. The highest BCUT2D eigenvalue weighted by Crippen LogP contribution is 2.30. The van der Waals surface area contributed by atoms with E-state index in [1.54, 1.807) is 14.0 Å². The average Bonchev–Trinajstić information content (AvgIpc) is 2.68. The second-order valence-corrected chi connectivity index (χ2v) is 7.79. The van der Waals surface area contributed by atoms with Crippen LogP contribution in [0, 0.1) is 19.8 Å². The van der Waals surface area contributed by atoms with Crippen LogP contribution in [0.1, 0.15) is 35.5 Å². The predicted octanol–water partition coefficient (Wildman–Crippen LogP) is 2.15. The van der Waals surface area contributed by atoms with Crippen molar-refractivity contribution in [2.24, 2.45) is 20.0 Å². The number of nitrogens with zero attached hydrogens (tertiary/aromatic N) is 2. The predicted molar refractivity (Wildman–Crippen MR) is 111 cm³/mol. The molecule has 2 heterocycles. The van der Waals surface area contributed by atoms with Crippen LogP contribution < -0.4 is 16.2 Å². The number of fused-ring (bicyclic) bond motifs is 1. The molecule has 0 fully saturated rings. The molecule has 0 aliphatic carbocycles. The Hall–Kier alpha value is -3.22. The third kappa shape index (κ3) is 3.60. The number of pyridine rings is 1. The zero-order chi connectivity index (χ0) is 21.5. The molecule has 0 saturated carbocycles. The summed E-state index contributed by atoms with van der Waals surface area (Å²) in [5.41, 5.74) is 2.54. The second-order valence-electron chi connectivity index (χ2n) is 7.79. The van der Waals surface area contributed by atoms with Gasteiger partial charge in [0.05, 0.1) is 13.7 Å². The Labute approximate surface area is 168 Å².